The average molecular weight is 324 g/mol. The Bertz CT molecular complexity index is 173. The van der Waals surface area contributed by atoms with Crippen molar-refractivity contribution < 1.29 is 9.53 Å². The van der Waals surface area contributed by atoms with Gasteiger partial charge in [-0.05, 0) is 0 Å². The van der Waals surface area contributed by atoms with Gasteiger partial charge in [0.05, 0.1) is 0 Å². The van der Waals surface area contributed by atoms with Gasteiger partial charge in [0.25, 0.3) is 0 Å². The van der Waals surface area contributed by atoms with Gasteiger partial charge < -0.3 is 0 Å². The number of thiol groups is 4. The maximum absolute atomic E-state index is 11.2. The first-order chi connectivity index (χ1) is 6.02. The molecule has 0 aromatic carbocycles. The van der Waals surface area contributed by atoms with Crippen molar-refractivity contribution in [1.82, 2.24) is 3.92 Å². The number of amides is 1. The summed E-state index contributed by atoms with van der Waals surface area (Å²) in [6.45, 7) is 0. The molecule has 0 saturated carbocycles. The van der Waals surface area contributed by atoms with Crippen molar-refractivity contribution in [2.75, 3.05) is 11.5 Å². The molecule has 1 amide bonds. The minimum atomic E-state index is -0.497. The van der Waals surface area contributed by atoms with Gasteiger partial charge in [0.1, 0.15) is 0 Å². The molecule has 0 aliphatic carbocycles. The zero-order valence-electron chi connectivity index (χ0n) is 6.57. The Hall–Kier alpha value is 1.19. The van der Waals surface area contributed by atoms with Crippen molar-refractivity contribution in [2.24, 2.45) is 0 Å². The Labute approximate surface area is 108 Å². The van der Waals surface area contributed by atoms with Crippen LogP contribution in [0.15, 0.2) is 0 Å². The van der Waals surface area contributed by atoms with E-state index in [2.05, 4.69) is 66.7 Å². The van der Waals surface area contributed by atoms with Gasteiger partial charge in [-0.25, -0.2) is 0 Å². The minimum absolute atomic E-state index is 0.281. The van der Waals surface area contributed by atoms with Crippen molar-refractivity contribution in [3.05, 3.63) is 0 Å². The Morgan fingerprint density at radius 3 is 2.31 bits per heavy atom. The van der Waals surface area contributed by atoms with E-state index in [1.165, 1.54) is 3.92 Å². The fourth-order valence-electron chi connectivity index (χ4n) is 0.407. The van der Waals surface area contributed by atoms with Gasteiger partial charge in [-0.2, -0.15) is 0 Å². The summed E-state index contributed by atoms with van der Waals surface area (Å²) in [7, 11) is 0. The van der Waals surface area contributed by atoms with Gasteiger partial charge in [0, 0.05) is 0 Å². The maximum atomic E-state index is 11.2. The topological polar surface area (TPSA) is 29.5 Å². The zero-order chi connectivity index (χ0) is 10.4. The van der Waals surface area contributed by atoms with Crippen LogP contribution in [0.5, 0.6) is 0 Å². The molecular weight excluding hydrogens is 313 g/mol. The average Bonchev–Trinajstić information content (AvgIpc) is 2.14. The molecule has 2 atom stereocenters. The molecule has 0 aliphatic heterocycles. The third kappa shape index (κ3) is 5.59. The molecule has 0 aromatic rings. The van der Waals surface area contributed by atoms with Crippen molar-refractivity contribution in [3.8, 4) is 0 Å². The van der Waals surface area contributed by atoms with Crippen LogP contribution in [-0.2, 0) is 4.74 Å². The van der Waals surface area contributed by atoms with E-state index in [4.69, 9.17) is 4.74 Å². The van der Waals surface area contributed by atoms with Crippen LogP contribution in [0.1, 0.15) is 0 Å². The first-order valence-electron chi connectivity index (χ1n) is 3.29. The van der Waals surface area contributed by atoms with E-state index >= 15 is 0 Å². The van der Waals surface area contributed by atoms with E-state index in [1.807, 2.05) is 0 Å². The third-order valence-corrected chi connectivity index (χ3v) is 4.30. The molecule has 0 fully saturated rings. The van der Waals surface area contributed by atoms with E-state index in [0.717, 1.165) is 0 Å². The number of hydrogen-bond acceptors (Lipinski definition) is 6. The van der Waals surface area contributed by atoms with Crippen LogP contribution in [0.3, 0.4) is 0 Å². The second kappa shape index (κ2) is 7.48. The van der Waals surface area contributed by atoms with Crippen LogP contribution in [0, 0.1) is 0 Å². The first kappa shape index (κ1) is 14.2. The molecule has 0 saturated heterocycles. The summed E-state index contributed by atoms with van der Waals surface area (Å²) >= 11 is 18.0. The Kier molecular flexibility index (Phi) is 8.16. The van der Waals surface area contributed by atoms with Gasteiger partial charge in [-0.15, -0.1) is 0 Å². The standard InChI is InChI=1S/C5H11NO2S4Se/c7-5(8-4(12)2-10)6(13)3(11)1-9/h3-4,9-13H,1-2H2. The summed E-state index contributed by atoms with van der Waals surface area (Å²) in [6.07, 6.45) is -0.497. The summed E-state index contributed by atoms with van der Waals surface area (Å²) in [5, 5.41) is -0.281. The van der Waals surface area contributed by atoms with Gasteiger partial charge >= 0.3 is 109 Å². The first-order valence-corrected chi connectivity index (χ1v) is 6.43. The molecule has 0 aliphatic rings. The summed E-state index contributed by atoms with van der Waals surface area (Å²) in [5.74, 6) is 0.818. The van der Waals surface area contributed by atoms with Crippen molar-refractivity contribution in [1.29, 1.82) is 0 Å². The van der Waals surface area contributed by atoms with Crippen molar-refractivity contribution in [2.45, 2.75) is 10.8 Å². The summed E-state index contributed by atoms with van der Waals surface area (Å²) < 4.78 is 6.15. The fraction of sp³-hybridized carbons (Fsp3) is 0.800. The van der Waals surface area contributed by atoms with E-state index < -0.39 is 11.5 Å². The molecule has 0 bridgehead atoms. The summed E-state index contributed by atoms with van der Waals surface area (Å²) in [6, 6.07) is 0. The molecule has 0 radical (unpaired) electrons. The van der Waals surface area contributed by atoms with E-state index in [-0.39, 0.29) is 5.37 Å². The number of ether oxygens (including phenoxy) is 1. The summed E-state index contributed by atoms with van der Waals surface area (Å²) in [4.78, 5) is 11.2. The molecular formula is C5H11NO2S4Se. The molecule has 78 valence electrons. The molecule has 3 nitrogen and oxygen atoms in total. The SMILES string of the molecule is O=C(OC(S)CS)N([SeH])C(S)CS. The van der Waals surface area contributed by atoms with Crippen LogP contribution >= 0.6 is 50.5 Å². The normalized spacial score (nSPS) is 14.8. The molecule has 13 heavy (non-hydrogen) atoms. The molecule has 0 rings (SSSR count). The van der Waals surface area contributed by atoms with Crippen LogP contribution in [0.4, 0.5) is 4.79 Å². The van der Waals surface area contributed by atoms with Gasteiger partial charge in [0.2, 0.25) is 0 Å². The Morgan fingerprint density at radius 2 is 1.92 bits per heavy atom. The van der Waals surface area contributed by atoms with Crippen LogP contribution in [0.2, 0.25) is 0 Å². The van der Waals surface area contributed by atoms with Crippen LogP contribution in [-0.4, -0.2) is 48.6 Å². The molecule has 0 N–H and O–H groups in total. The quantitative estimate of drug-likeness (QED) is 0.347. The molecule has 0 spiro atoms. The van der Waals surface area contributed by atoms with Gasteiger partial charge in [-0.3, -0.25) is 0 Å². The molecule has 8 heteroatoms. The van der Waals surface area contributed by atoms with Crippen LogP contribution in [0.25, 0.3) is 0 Å². The third-order valence-electron chi connectivity index (χ3n) is 1.03. The Balaban J connectivity index is 3.96. The number of rotatable bonds is 4. The number of carbonyl (C=O) groups is 1. The van der Waals surface area contributed by atoms with Crippen molar-refractivity contribution >= 4 is 72.8 Å². The van der Waals surface area contributed by atoms with Gasteiger partial charge in [0.15, 0.2) is 0 Å². The van der Waals surface area contributed by atoms with E-state index in [9.17, 15) is 4.79 Å². The molecule has 0 aromatic heterocycles. The van der Waals surface area contributed by atoms with Gasteiger partial charge in [-0.1, -0.05) is 0 Å². The monoisotopic (exact) mass is 325 g/mol. The predicted molar refractivity (Wildman–Crippen MR) is 68.7 cm³/mol. The molecule has 0 heterocycles. The summed E-state index contributed by atoms with van der Waals surface area (Å²) in [5.41, 5.74) is -0.497. The molecule has 2 unspecified atom stereocenters. The van der Waals surface area contributed by atoms with E-state index in [1.54, 1.807) is 0 Å². The van der Waals surface area contributed by atoms with Crippen LogP contribution < -0.4 is 0 Å². The number of carbonyl (C=O) groups excluding carboxylic acids is 1. The van der Waals surface area contributed by atoms with Crippen molar-refractivity contribution in [3.63, 3.8) is 0 Å². The second-order valence-electron chi connectivity index (χ2n) is 2.03. The van der Waals surface area contributed by atoms with E-state index in [0.29, 0.717) is 11.5 Å². The zero-order valence-corrected chi connectivity index (χ0v) is 12.0. The Morgan fingerprint density at radius 1 is 1.38 bits per heavy atom. The number of hydrogen-bond donors (Lipinski definition) is 4. The fourth-order valence-corrected chi connectivity index (χ4v) is 1.38. The predicted octanol–water partition coefficient (Wildman–Crippen LogP) is 0.612. The second-order valence-corrected chi connectivity index (χ2v) is 4.84. The number of nitrogens with zero attached hydrogens (tertiary/aromatic N) is 1.